The number of benzene rings is 1. The lowest BCUT2D eigenvalue weighted by atomic mass is 10.1. The molecule has 3 aromatic heterocycles. The highest BCUT2D eigenvalue weighted by Crippen LogP contribution is 2.37. The monoisotopic (exact) mass is 515 g/mol. The van der Waals surface area contributed by atoms with E-state index in [1.54, 1.807) is 36.5 Å². The van der Waals surface area contributed by atoms with Crippen molar-refractivity contribution in [1.82, 2.24) is 30.0 Å². The number of anilines is 3. The topological polar surface area (TPSA) is 153 Å². The van der Waals surface area contributed by atoms with Crippen LogP contribution in [-0.4, -0.2) is 50.6 Å². The van der Waals surface area contributed by atoms with Crippen molar-refractivity contribution in [3.63, 3.8) is 0 Å². The lowest BCUT2D eigenvalue weighted by Gasteiger charge is -2.16. The van der Waals surface area contributed by atoms with E-state index in [-0.39, 0.29) is 34.6 Å². The molecule has 1 aliphatic rings. The van der Waals surface area contributed by atoms with Crippen molar-refractivity contribution >= 4 is 29.0 Å². The average molecular weight is 516 g/mol. The van der Waals surface area contributed by atoms with Gasteiger partial charge in [-0.05, 0) is 31.0 Å². The maximum absolute atomic E-state index is 12.8. The molecular weight excluding hydrogens is 488 g/mol. The molecule has 0 spiro atoms. The van der Waals surface area contributed by atoms with Crippen LogP contribution in [0.4, 0.5) is 17.2 Å². The van der Waals surface area contributed by atoms with Crippen molar-refractivity contribution in [2.75, 3.05) is 24.7 Å². The van der Waals surface area contributed by atoms with E-state index < -0.39 is 12.9 Å². The second-order valence-corrected chi connectivity index (χ2v) is 8.39. The van der Waals surface area contributed by atoms with Gasteiger partial charge in [0.2, 0.25) is 5.91 Å². The van der Waals surface area contributed by atoms with Crippen LogP contribution in [0.5, 0.6) is 5.75 Å². The molecule has 38 heavy (non-hydrogen) atoms. The van der Waals surface area contributed by atoms with E-state index in [1.807, 2.05) is 5.32 Å². The molecule has 12 nitrogen and oxygen atoms in total. The van der Waals surface area contributed by atoms with Gasteiger partial charge in [-0.3, -0.25) is 19.0 Å². The minimum absolute atomic E-state index is 0.0722. The lowest BCUT2D eigenvalue weighted by molar-refractivity contribution is -0.117. The van der Waals surface area contributed by atoms with Crippen LogP contribution in [0.25, 0.3) is 17.1 Å². The van der Waals surface area contributed by atoms with Crippen molar-refractivity contribution in [3.8, 4) is 22.8 Å². The number of carbonyl (C=O) groups is 2. The highest BCUT2D eigenvalue weighted by atomic mass is 16.5. The zero-order valence-corrected chi connectivity index (χ0v) is 20.1. The quantitative estimate of drug-likeness (QED) is 0.321. The molecular formula is C26H24N8O4. The Kier molecular flexibility index (Phi) is 5.78. The molecule has 2 amide bonds. The molecule has 0 unspecified atom stereocenters. The van der Waals surface area contributed by atoms with Gasteiger partial charge in [-0.2, -0.15) is 0 Å². The summed E-state index contributed by atoms with van der Waals surface area (Å²) in [6.07, 6.45) is 6.16. The fourth-order valence-electron chi connectivity index (χ4n) is 3.75. The van der Waals surface area contributed by atoms with Crippen LogP contribution in [0.2, 0.25) is 0 Å². The Morgan fingerprint density at radius 1 is 1.08 bits per heavy atom. The molecule has 0 aliphatic heterocycles. The number of para-hydroxylation sites is 1. The molecule has 3 N–H and O–H groups in total. The standard InChI is InChI=1S/C26H24N8O4/c1-27-26(37)22-19(12-20(32-33-22)31-25(36)15-9-10-15)30-18-7-5-6-17(23(18)38-2)24-28-13-16(14-29-24)34-11-4-3-8-21(34)35/h3-8,11-15H,9-10H2,1-2H3,(H,27,37)(H2,30,31,32,36)/i1D3. The number of rotatable bonds is 8. The number of aromatic nitrogens is 5. The van der Waals surface area contributed by atoms with Crippen LogP contribution in [0.1, 0.15) is 27.4 Å². The number of hydrogen-bond acceptors (Lipinski definition) is 9. The smallest absolute Gasteiger partial charge is 0.273 e. The zero-order chi connectivity index (χ0) is 29.1. The number of methoxy groups -OCH3 is 1. The number of pyridine rings is 1. The molecule has 4 aromatic rings. The van der Waals surface area contributed by atoms with Gasteiger partial charge in [0.1, 0.15) is 0 Å². The molecule has 1 saturated carbocycles. The fraction of sp³-hybridized carbons (Fsp3) is 0.192. The molecule has 0 bridgehead atoms. The molecule has 192 valence electrons. The van der Waals surface area contributed by atoms with Crippen molar-refractivity contribution in [2.24, 2.45) is 5.92 Å². The second-order valence-electron chi connectivity index (χ2n) is 8.39. The van der Waals surface area contributed by atoms with E-state index in [9.17, 15) is 14.4 Å². The van der Waals surface area contributed by atoms with E-state index in [4.69, 9.17) is 8.85 Å². The van der Waals surface area contributed by atoms with E-state index in [0.717, 1.165) is 12.8 Å². The van der Waals surface area contributed by atoms with Gasteiger partial charge in [-0.25, -0.2) is 9.97 Å². The van der Waals surface area contributed by atoms with Crippen LogP contribution in [-0.2, 0) is 4.79 Å². The predicted octanol–water partition coefficient (Wildman–Crippen LogP) is 2.54. The number of nitrogens with zero attached hydrogens (tertiary/aromatic N) is 5. The van der Waals surface area contributed by atoms with Crippen molar-refractivity contribution in [2.45, 2.75) is 12.8 Å². The van der Waals surface area contributed by atoms with Crippen LogP contribution < -0.4 is 26.2 Å². The Morgan fingerprint density at radius 2 is 1.89 bits per heavy atom. The summed E-state index contributed by atoms with van der Waals surface area (Å²) in [4.78, 5) is 46.0. The number of amides is 2. The molecule has 5 rings (SSSR count). The number of hydrogen-bond donors (Lipinski definition) is 3. The van der Waals surface area contributed by atoms with Gasteiger partial charge in [0.25, 0.3) is 11.5 Å². The summed E-state index contributed by atoms with van der Waals surface area (Å²) in [5.74, 6) is -0.632. The van der Waals surface area contributed by atoms with Crippen molar-refractivity contribution in [1.29, 1.82) is 0 Å². The number of ether oxygens (including phenoxy) is 1. The Morgan fingerprint density at radius 3 is 2.61 bits per heavy atom. The maximum Gasteiger partial charge on any atom is 0.273 e. The minimum atomic E-state index is -2.76. The molecule has 3 heterocycles. The molecule has 0 radical (unpaired) electrons. The van der Waals surface area contributed by atoms with Gasteiger partial charge in [0.05, 0.1) is 42.1 Å². The van der Waals surface area contributed by atoms with Crippen LogP contribution in [0.3, 0.4) is 0 Å². The van der Waals surface area contributed by atoms with Crippen molar-refractivity contribution < 1.29 is 18.4 Å². The molecule has 0 saturated heterocycles. The summed E-state index contributed by atoms with van der Waals surface area (Å²) in [5, 5.41) is 15.4. The van der Waals surface area contributed by atoms with E-state index in [1.165, 1.54) is 36.2 Å². The largest absolute Gasteiger partial charge is 0.494 e. The van der Waals surface area contributed by atoms with Gasteiger partial charge >= 0.3 is 0 Å². The van der Waals surface area contributed by atoms with Crippen LogP contribution in [0.15, 0.2) is 65.8 Å². The molecule has 12 heteroatoms. The highest BCUT2D eigenvalue weighted by Gasteiger charge is 2.30. The second kappa shape index (κ2) is 10.5. The Bertz CT molecular complexity index is 1670. The Balaban J connectivity index is 1.50. The first-order valence-electron chi connectivity index (χ1n) is 13.1. The van der Waals surface area contributed by atoms with E-state index in [0.29, 0.717) is 28.5 Å². The van der Waals surface area contributed by atoms with Gasteiger partial charge < -0.3 is 20.7 Å². The minimum Gasteiger partial charge on any atom is -0.494 e. The summed E-state index contributed by atoms with van der Waals surface area (Å²) >= 11 is 0. The van der Waals surface area contributed by atoms with E-state index in [2.05, 4.69) is 30.8 Å². The van der Waals surface area contributed by atoms with Crippen LogP contribution >= 0.6 is 0 Å². The summed E-state index contributed by atoms with van der Waals surface area (Å²) in [6, 6.07) is 11.3. The summed E-state index contributed by atoms with van der Waals surface area (Å²) < 4.78 is 29.2. The van der Waals surface area contributed by atoms with Gasteiger partial charge in [0.15, 0.2) is 23.1 Å². The Labute approximate surface area is 221 Å². The SMILES string of the molecule is [2H]C([2H])([2H])NC(=O)c1nnc(NC(=O)C2CC2)cc1Nc1cccc(-c2ncc(-n3ccccc3=O)cn2)c1OC. The van der Waals surface area contributed by atoms with E-state index >= 15 is 0 Å². The first-order chi connectivity index (χ1) is 19.6. The third kappa shape index (κ3) is 5.05. The number of nitrogens with one attached hydrogen (secondary N) is 3. The van der Waals surface area contributed by atoms with Crippen LogP contribution in [0, 0.1) is 5.92 Å². The third-order valence-corrected chi connectivity index (χ3v) is 5.79. The predicted molar refractivity (Wildman–Crippen MR) is 140 cm³/mol. The molecule has 1 fully saturated rings. The molecule has 1 aromatic carbocycles. The fourth-order valence-corrected chi connectivity index (χ4v) is 3.75. The molecule has 1 aliphatic carbocycles. The third-order valence-electron chi connectivity index (χ3n) is 5.79. The summed E-state index contributed by atoms with van der Waals surface area (Å²) in [7, 11) is 1.44. The van der Waals surface area contributed by atoms with Gasteiger partial charge in [0, 0.05) is 35.3 Å². The lowest BCUT2D eigenvalue weighted by Crippen LogP contribution is -2.22. The van der Waals surface area contributed by atoms with Crippen molar-refractivity contribution in [3.05, 3.63) is 77.1 Å². The average Bonchev–Trinajstić information content (AvgIpc) is 3.79. The molecule has 0 atom stereocenters. The number of carbonyl (C=O) groups excluding carboxylic acids is 2. The first kappa shape index (κ1) is 21.0. The first-order valence-corrected chi connectivity index (χ1v) is 11.6. The normalized spacial score (nSPS) is 14.0. The zero-order valence-electron chi connectivity index (χ0n) is 23.1. The maximum atomic E-state index is 12.8. The summed E-state index contributed by atoms with van der Waals surface area (Å²) in [5.41, 5.74) is 0.857. The Hall–Kier alpha value is -5.13. The highest BCUT2D eigenvalue weighted by molar-refractivity contribution is 6.00. The van der Waals surface area contributed by atoms with Gasteiger partial charge in [-0.15, -0.1) is 10.2 Å². The van der Waals surface area contributed by atoms with Gasteiger partial charge in [-0.1, -0.05) is 12.1 Å². The summed E-state index contributed by atoms with van der Waals surface area (Å²) in [6.45, 7) is -2.76.